The number of amides is 2. The van der Waals surface area contributed by atoms with Crippen molar-refractivity contribution in [2.45, 2.75) is 13.0 Å². The highest BCUT2D eigenvalue weighted by Crippen LogP contribution is 2.17. The van der Waals surface area contributed by atoms with E-state index in [4.69, 9.17) is 9.47 Å². The van der Waals surface area contributed by atoms with E-state index in [0.29, 0.717) is 11.8 Å². The Morgan fingerprint density at radius 3 is 2.50 bits per heavy atom. The van der Waals surface area contributed by atoms with Crippen LogP contribution in [0.2, 0.25) is 0 Å². The molecule has 0 aliphatic carbocycles. The van der Waals surface area contributed by atoms with Crippen molar-refractivity contribution in [1.82, 2.24) is 5.32 Å². The highest BCUT2D eigenvalue weighted by molar-refractivity contribution is 5.99. The van der Waals surface area contributed by atoms with E-state index >= 15 is 0 Å². The van der Waals surface area contributed by atoms with Gasteiger partial charge >= 0.3 is 5.97 Å². The summed E-state index contributed by atoms with van der Waals surface area (Å²) in [5.74, 6) is -3.65. The van der Waals surface area contributed by atoms with Gasteiger partial charge in [0.15, 0.2) is 6.10 Å². The number of halogens is 2. The molecule has 0 saturated heterocycles. The Morgan fingerprint density at radius 2 is 1.82 bits per heavy atom. The lowest BCUT2D eigenvalue weighted by Gasteiger charge is -2.14. The van der Waals surface area contributed by atoms with Crippen LogP contribution in [-0.4, -0.2) is 37.5 Å². The van der Waals surface area contributed by atoms with E-state index in [-0.39, 0.29) is 11.3 Å². The largest absolute Gasteiger partial charge is 0.496 e. The van der Waals surface area contributed by atoms with Crippen LogP contribution in [0.1, 0.15) is 17.3 Å². The monoisotopic (exact) mass is 392 g/mol. The molecule has 0 spiro atoms. The number of hydrogen-bond acceptors (Lipinski definition) is 5. The van der Waals surface area contributed by atoms with Crippen molar-refractivity contribution in [2.24, 2.45) is 0 Å². The van der Waals surface area contributed by atoms with Gasteiger partial charge < -0.3 is 20.1 Å². The second-order valence-electron chi connectivity index (χ2n) is 5.63. The van der Waals surface area contributed by atoms with Gasteiger partial charge in [0.1, 0.15) is 23.9 Å². The summed E-state index contributed by atoms with van der Waals surface area (Å²) >= 11 is 0. The van der Waals surface area contributed by atoms with E-state index in [1.807, 2.05) is 0 Å². The molecule has 0 saturated carbocycles. The lowest BCUT2D eigenvalue weighted by molar-refractivity contribution is -0.152. The molecule has 0 aliphatic rings. The number of carbonyl (C=O) groups excluding carboxylic acids is 3. The summed E-state index contributed by atoms with van der Waals surface area (Å²) in [7, 11) is 1.41. The number of esters is 1. The van der Waals surface area contributed by atoms with Crippen LogP contribution in [0.15, 0.2) is 42.5 Å². The molecule has 0 aromatic heterocycles. The van der Waals surface area contributed by atoms with E-state index in [1.54, 1.807) is 18.2 Å². The van der Waals surface area contributed by atoms with Crippen LogP contribution in [0.25, 0.3) is 0 Å². The minimum Gasteiger partial charge on any atom is -0.496 e. The topological polar surface area (TPSA) is 93.7 Å². The Morgan fingerprint density at radius 1 is 1.11 bits per heavy atom. The highest BCUT2D eigenvalue weighted by Gasteiger charge is 2.20. The Labute approximate surface area is 159 Å². The van der Waals surface area contributed by atoms with Crippen LogP contribution in [0.5, 0.6) is 5.75 Å². The summed E-state index contributed by atoms with van der Waals surface area (Å²) in [5.41, 5.74) is -0.0193. The Balaban J connectivity index is 1.86. The van der Waals surface area contributed by atoms with Crippen molar-refractivity contribution < 1.29 is 32.6 Å². The maximum atomic E-state index is 13.5. The molecule has 2 aromatic rings. The van der Waals surface area contributed by atoms with E-state index < -0.39 is 42.1 Å². The number of carbonyl (C=O) groups is 3. The first-order valence-corrected chi connectivity index (χ1v) is 8.18. The molecule has 0 bridgehead atoms. The van der Waals surface area contributed by atoms with E-state index in [9.17, 15) is 23.2 Å². The Kier molecular flexibility index (Phi) is 7.02. The molecule has 7 nitrogen and oxygen atoms in total. The van der Waals surface area contributed by atoms with E-state index in [2.05, 4.69) is 10.6 Å². The van der Waals surface area contributed by atoms with E-state index in [0.717, 1.165) is 12.1 Å². The molecule has 0 fully saturated rings. The quantitative estimate of drug-likeness (QED) is 0.705. The number of benzene rings is 2. The van der Waals surface area contributed by atoms with Gasteiger partial charge in [-0.2, -0.15) is 0 Å². The molecule has 0 heterocycles. The number of rotatable bonds is 7. The van der Waals surface area contributed by atoms with Gasteiger partial charge in [-0.3, -0.25) is 14.4 Å². The third kappa shape index (κ3) is 5.50. The maximum absolute atomic E-state index is 13.5. The van der Waals surface area contributed by atoms with Crippen molar-refractivity contribution in [3.8, 4) is 5.75 Å². The molecule has 2 aromatic carbocycles. The standard InChI is InChI=1S/C19H18F2N2O5/c1-11(18(25)23-15-8-7-12(20)9-14(15)21)28-17(24)10-22-19(26)13-5-3-4-6-16(13)27-2/h3-9,11H,10H2,1-2H3,(H,22,26)(H,23,25). The number of methoxy groups -OCH3 is 1. The van der Waals surface area contributed by atoms with Crippen LogP contribution >= 0.6 is 0 Å². The number of para-hydroxylation sites is 1. The fourth-order valence-electron chi connectivity index (χ4n) is 2.20. The SMILES string of the molecule is COc1ccccc1C(=O)NCC(=O)OC(C)C(=O)Nc1ccc(F)cc1F. The van der Waals surface area contributed by atoms with Crippen molar-refractivity contribution in [1.29, 1.82) is 0 Å². The van der Waals surface area contributed by atoms with Crippen LogP contribution in [0.4, 0.5) is 14.5 Å². The van der Waals surface area contributed by atoms with Gasteiger partial charge in [-0.15, -0.1) is 0 Å². The van der Waals surface area contributed by atoms with Gasteiger partial charge in [-0.1, -0.05) is 12.1 Å². The second-order valence-corrected chi connectivity index (χ2v) is 5.63. The summed E-state index contributed by atoms with van der Waals surface area (Å²) in [4.78, 5) is 35.9. The van der Waals surface area contributed by atoms with Crippen molar-refractivity contribution in [3.05, 3.63) is 59.7 Å². The van der Waals surface area contributed by atoms with Crippen molar-refractivity contribution >= 4 is 23.5 Å². The molecule has 0 radical (unpaired) electrons. The third-order valence-corrected chi connectivity index (χ3v) is 3.61. The number of hydrogen-bond donors (Lipinski definition) is 2. The molecule has 2 amide bonds. The first-order valence-electron chi connectivity index (χ1n) is 8.18. The second kappa shape index (κ2) is 9.45. The summed E-state index contributed by atoms with van der Waals surface area (Å²) in [6.45, 7) is 0.788. The molecule has 28 heavy (non-hydrogen) atoms. The van der Waals surface area contributed by atoms with Crippen molar-refractivity contribution in [2.75, 3.05) is 19.0 Å². The van der Waals surface area contributed by atoms with E-state index in [1.165, 1.54) is 20.1 Å². The first-order chi connectivity index (χ1) is 13.3. The molecule has 148 valence electrons. The lowest BCUT2D eigenvalue weighted by atomic mass is 10.2. The van der Waals surface area contributed by atoms with Crippen LogP contribution < -0.4 is 15.4 Å². The maximum Gasteiger partial charge on any atom is 0.326 e. The Hall–Kier alpha value is -3.49. The minimum absolute atomic E-state index is 0.232. The molecular formula is C19H18F2N2O5. The van der Waals surface area contributed by atoms with Gasteiger partial charge in [-0.25, -0.2) is 8.78 Å². The lowest BCUT2D eigenvalue weighted by Crippen LogP contribution is -2.36. The van der Waals surface area contributed by atoms with Crippen LogP contribution in [0.3, 0.4) is 0 Å². The van der Waals surface area contributed by atoms with Crippen molar-refractivity contribution in [3.63, 3.8) is 0 Å². The molecule has 0 aliphatic heterocycles. The predicted molar refractivity (Wildman–Crippen MR) is 95.9 cm³/mol. The average molecular weight is 392 g/mol. The van der Waals surface area contributed by atoms with Gasteiger partial charge in [0.2, 0.25) is 0 Å². The first kappa shape index (κ1) is 20.8. The zero-order valence-electron chi connectivity index (χ0n) is 15.1. The summed E-state index contributed by atoms with van der Waals surface area (Å²) < 4.78 is 36.4. The Bertz CT molecular complexity index is 888. The molecule has 2 N–H and O–H groups in total. The van der Waals surface area contributed by atoms with Crippen LogP contribution in [-0.2, 0) is 14.3 Å². The summed E-state index contributed by atoms with van der Waals surface area (Å²) in [6, 6.07) is 9.07. The van der Waals surface area contributed by atoms with Gasteiger partial charge in [0.25, 0.3) is 11.8 Å². The van der Waals surface area contributed by atoms with Crippen LogP contribution in [0, 0.1) is 11.6 Å². The summed E-state index contributed by atoms with van der Waals surface area (Å²) in [5, 5.41) is 4.54. The van der Waals surface area contributed by atoms with Gasteiger partial charge in [0.05, 0.1) is 18.4 Å². The number of ether oxygens (including phenoxy) is 2. The molecule has 2 rings (SSSR count). The predicted octanol–water partition coefficient (Wildman–Crippen LogP) is 2.27. The minimum atomic E-state index is -1.26. The average Bonchev–Trinajstić information content (AvgIpc) is 2.68. The molecular weight excluding hydrogens is 374 g/mol. The molecule has 9 heteroatoms. The fraction of sp³-hybridized carbons (Fsp3) is 0.211. The third-order valence-electron chi connectivity index (χ3n) is 3.61. The zero-order valence-corrected chi connectivity index (χ0v) is 15.1. The van der Waals surface area contributed by atoms with Gasteiger partial charge in [0, 0.05) is 6.07 Å². The molecule has 1 unspecified atom stereocenters. The normalized spacial score (nSPS) is 11.3. The molecule has 1 atom stereocenters. The smallest absolute Gasteiger partial charge is 0.326 e. The summed E-state index contributed by atoms with van der Waals surface area (Å²) in [6.07, 6.45) is -1.26. The highest BCUT2D eigenvalue weighted by atomic mass is 19.1. The number of nitrogens with one attached hydrogen (secondary N) is 2. The number of anilines is 1. The fourth-order valence-corrected chi connectivity index (χ4v) is 2.20. The zero-order chi connectivity index (χ0) is 20.7. The van der Waals surface area contributed by atoms with Gasteiger partial charge in [-0.05, 0) is 31.2 Å².